The van der Waals surface area contributed by atoms with Gasteiger partial charge in [-0.15, -0.1) is 0 Å². The zero-order valence-electron chi connectivity index (χ0n) is 11.5. The Hall–Kier alpha value is -1.85. The second-order valence-corrected chi connectivity index (χ2v) is 5.56. The second kappa shape index (κ2) is 5.87. The molecule has 1 aliphatic rings. The van der Waals surface area contributed by atoms with Gasteiger partial charge in [-0.3, -0.25) is 4.79 Å². The summed E-state index contributed by atoms with van der Waals surface area (Å²) >= 11 is 6.17. The molecule has 6 heteroatoms. The maximum atomic E-state index is 12.6. The van der Waals surface area contributed by atoms with Gasteiger partial charge in [0.1, 0.15) is 0 Å². The van der Waals surface area contributed by atoms with Crippen LogP contribution in [0.4, 0.5) is 0 Å². The quantitative estimate of drug-likeness (QED) is 0.945. The fourth-order valence-electron chi connectivity index (χ4n) is 2.59. The monoisotopic (exact) mass is 305 g/mol. The predicted molar refractivity (Wildman–Crippen MR) is 80.0 cm³/mol. The zero-order chi connectivity index (χ0) is 14.8. The Morgan fingerprint density at radius 1 is 1.48 bits per heavy atom. The molecule has 5 nitrogen and oxygen atoms in total. The van der Waals surface area contributed by atoms with Crippen LogP contribution in [0.15, 0.2) is 35.1 Å². The first-order valence-corrected chi connectivity index (χ1v) is 7.26. The number of amides is 1. The van der Waals surface area contributed by atoms with E-state index in [1.165, 1.54) is 6.39 Å². The van der Waals surface area contributed by atoms with Crippen molar-refractivity contribution in [2.45, 2.75) is 6.42 Å². The molecule has 0 saturated carbocycles. The fraction of sp³-hybridized carbons (Fsp3) is 0.333. The SMILES string of the molecule is NC[C@H]1CCN(C(=O)c2ncoc2-c2ccccc2Cl)C1. The molecular weight excluding hydrogens is 290 g/mol. The van der Waals surface area contributed by atoms with Crippen LogP contribution in [0.25, 0.3) is 11.3 Å². The maximum Gasteiger partial charge on any atom is 0.276 e. The van der Waals surface area contributed by atoms with E-state index in [1.54, 1.807) is 11.0 Å². The van der Waals surface area contributed by atoms with Crippen LogP contribution < -0.4 is 5.73 Å². The van der Waals surface area contributed by atoms with Crippen molar-refractivity contribution in [3.8, 4) is 11.3 Å². The van der Waals surface area contributed by atoms with E-state index in [-0.39, 0.29) is 5.91 Å². The third-order valence-electron chi connectivity index (χ3n) is 3.79. The predicted octanol–water partition coefficient (Wildman–Crippen LogP) is 2.42. The Morgan fingerprint density at radius 2 is 2.29 bits per heavy atom. The third kappa shape index (κ3) is 2.66. The highest BCUT2D eigenvalue weighted by Gasteiger charge is 2.30. The topological polar surface area (TPSA) is 72.4 Å². The van der Waals surface area contributed by atoms with E-state index in [0.29, 0.717) is 47.6 Å². The zero-order valence-corrected chi connectivity index (χ0v) is 12.2. The van der Waals surface area contributed by atoms with Gasteiger partial charge in [0, 0.05) is 18.7 Å². The highest BCUT2D eigenvalue weighted by molar-refractivity contribution is 6.33. The Balaban J connectivity index is 1.89. The summed E-state index contributed by atoms with van der Waals surface area (Å²) in [5.41, 5.74) is 6.65. The van der Waals surface area contributed by atoms with Gasteiger partial charge in [0.05, 0.1) is 5.02 Å². The lowest BCUT2D eigenvalue weighted by atomic mass is 10.1. The first-order valence-electron chi connectivity index (χ1n) is 6.88. The molecule has 0 unspecified atom stereocenters. The van der Waals surface area contributed by atoms with Gasteiger partial charge < -0.3 is 15.1 Å². The second-order valence-electron chi connectivity index (χ2n) is 5.15. The minimum Gasteiger partial charge on any atom is -0.443 e. The Kier molecular flexibility index (Phi) is 3.94. The molecule has 3 rings (SSSR count). The molecule has 2 heterocycles. The van der Waals surface area contributed by atoms with E-state index in [0.717, 1.165) is 6.42 Å². The molecule has 0 spiro atoms. The lowest BCUT2D eigenvalue weighted by Crippen LogP contribution is -2.30. The summed E-state index contributed by atoms with van der Waals surface area (Å²) < 4.78 is 5.40. The first-order chi connectivity index (χ1) is 10.2. The number of rotatable bonds is 3. The number of carbonyl (C=O) groups excluding carboxylic acids is 1. The summed E-state index contributed by atoms with van der Waals surface area (Å²) in [5, 5.41) is 0.532. The van der Waals surface area contributed by atoms with Crippen molar-refractivity contribution in [2.75, 3.05) is 19.6 Å². The van der Waals surface area contributed by atoms with Crippen molar-refractivity contribution in [2.24, 2.45) is 11.7 Å². The van der Waals surface area contributed by atoms with E-state index in [1.807, 2.05) is 18.2 Å². The molecule has 0 radical (unpaired) electrons. The van der Waals surface area contributed by atoms with Crippen LogP contribution in [0.3, 0.4) is 0 Å². The number of likely N-dealkylation sites (tertiary alicyclic amines) is 1. The van der Waals surface area contributed by atoms with Gasteiger partial charge in [0.15, 0.2) is 17.8 Å². The standard InChI is InChI=1S/C15H16ClN3O2/c16-12-4-2-1-3-11(12)14-13(18-9-21-14)15(20)19-6-5-10(7-17)8-19/h1-4,9-10H,5-8,17H2/t10-/m1/s1. The van der Waals surface area contributed by atoms with Gasteiger partial charge >= 0.3 is 0 Å². The molecule has 1 fully saturated rings. The highest BCUT2D eigenvalue weighted by Crippen LogP contribution is 2.31. The summed E-state index contributed by atoms with van der Waals surface area (Å²) in [6.45, 7) is 1.97. The highest BCUT2D eigenvalue weighted by atomic mass is 35.5. The molecule has 2 N–H and O–H groups in total. The molecule has 1 atom stereocenters. The van der Waals surface area contributed by atoms with Crippen molar-refractivity contribution < 1.29 is 9.21 Å². The fourth-order valence-corrected chi connectivity index (χ4v) is 2.82. The molecule has 0 aliphatic carbocycles. The molecule has 1 amide bonds. The van der Waals surface area contributed by atoms with Crippen LogP contribution >= 0.6 is 11.6 Å². The number of nitrogens with zero attached hydrogens (tertiary/aromatic N) is 2. The molecule has 2 aromatic rings. The minimum absolute atomic E-state index is 0.130. The molecule has 110 valence electrons. The van der Waals surface area contributed by atoms with Gasteiger partial charge in [-0.2, -0.15) is 0 Å². The molecule has 0 bridgehead atoms. The molecule has 1 aliphatic heterocycles. The smallest absolute Gasteiger partial charge is 0.276 e. The molecule has 21 heavy (non-hydrogen) atoms. The van der Waals surface area contributed by atoms with Crippen molar-refractivity contribution in [1.82, 2.24) is 9.88 Å². The number of aromatic nitrogens is 1. The van der Waals surface area contributed by atoms with E-state index < -0.39 is 0 Å². The number of hydrogen-bond donors (Lipinski definition) is 1. The average Bonchev–Trinajstić information content (AvgIpc) is 3.16. The number of halogens is 1. The Morgan fingerprint density at radius 3 is 3.00 bits per heavy atom. The van der Waals surface area contributed by atoms with Crippen LogP contribution in [-0.4, -0.2) is 35.4 Å². The summed E-state index contributed by atoms with van der Waals surface area (Å²) in [7, 11) is 0. The van der Waals surface area contributed by atoms with Crippen molar-refractivity contribution >= 4 is 17.5 Å². The summed E-state index contributed by atoms with van der Waals surface area (Å²) in [6, 6.07) is 7.24. The largest absolute Gasteiger partial charge is 0.443 e. The van der Waals surface area contributed by atoms with Crippen LogP contribution in [0.2, 0.25) is 5.02 Å². The lowest BCUT2D eigenvalue weighted by Gasteiger charge is -2.15. The van der Waals surface area contributed by atoms with E-state index in [9.17, 15) is 4.79 Å². The van der Waals surface area contributed by atoms with Crippen molar-refractivity contribution in [1.29, 1.82) is 0 Å². The maximum absolute atomic E-state index is 12.6. The van der Waals surface area contributed by atoms with Crippen LogP contribution in [-0.2, 0) is 0 Å². The van der Waals surface area contributed by atoms with Crippen molar-refractivity contribution in [3.63, 3.8) is 0 Å². The number of benzene rings is 1. The minimum atomic E-state index is -0.130. The number of nitrogens with two attached hydrogens (primary N) is 1. The first kappa shape index (κ1) is 14.1. The van der Waals surface area contributed by atoms with Gasteiger partial charge in [-0.05, 0) is 31.0 Å². The number of hydrogen-bond acceptors (Lipinski definition) is 4. The normalized spacial score (nSPS) is 18.2. The van der Waals surface area contributed by atoms with E-state index >= 15 is 0 Å². The van der Waals surface area contributed by atoms with E-state index in [2.05, 4.69) is 4.98 Å². The van der Waals surface area contributed by atoms with Crippen molar-refractivity contribution in [3.05, 3.63) is 41.4 Å². The van der Waals surface area contributed by atoms with Crippen LogP contribution in [0, 0.1) is 5.92 Å². The Bertz CT molecular complexity index is 656. The molecular formula is C15H16ClN3O2. The molecule has 1 saturated heterocycles. The summed E-state index contributed by atoms with van der Waals surface area (Å²) in [6.07, 6.45) is 2.21. The Labute approximate surface area is 127 Å². The van der Waals surface area contributed by atoms with Gasteiger partial charge in [-0.1, -0.05) is 23.7 Å². The van der Waals surface area contributed by atoms with Crippen LogP contribution in [0.1, 0.15) is 16.9 Å². The summed E-state index contributed by atoms with van der Waals surface area (Å²) in [5.74, 6) is 0.654. The lowest BCUT2D eigenvalue weighted by molar-refractivity contribution is 0.0783. The van der Waals surface area contributed by atoms with Gasteiger partial charge in [0.2, 0.25) is 0 Å². The number of carbonyl (C=O) groups is 1. The summed E-state index contributed by atoms with van der Waals surface area (Å²) in [4.78, 5) is 18.4. The molecule has 1 aromatic heterocycles. The van der Waals surface area contributed by atoms with Gasteiger partial charge in [-0.25, -0.2) is 4.98 Å². The van der Waals surface area contributed by atoms with E-state index in [4.69, 9.17) is 21.8 Å². The number of oxazole rings is 1. The average molecular weight is 306 g/mol. The third-order valence-corrected chi connectivity index (χ3v) is 4.12. The van der Waals surface area contributed by atoms with Crippen LogP contribution in [0.5, 0.6) is 0 Å². The van der Waals surface area contributed by atoms with Gasteiger partial charge in [0.25, 0.3) is 5.91 Å². The molecule has 1 aromatic carbocycles.